The molecule has 3 aromatic rings. The van der Waals surface area contributed by atoms with Gasteiger partial charge in [0.2, 0.25) is 0 Å². The van der Waals surface area contributed by atoms with Gasteiger partial charge in [0.05, 0.1) is 34.1 Å². The molecule has 1 aliphatic rings. The summed E-state index contributed by atoms with van der Waals surface area (Å²) < 4.78 is 12.2. The van der Waals surface area contributed by atoms with Crippen LogP contribution in [-0.2, 0) is 0 Å². The molecular formula is C23H19IN2O4. The van der Waals surface area contributed by atoms with E-state index < -0.39 is 11.8 Å². The van der Waals surface area contributed by atoms with E-state index in [1.807, 2.05) is 32.0 Å². The summed E-state index contributed by atoms with van der Waals surface area (Å²) in [6.07, 6.45) is 1.49. The second-order valence-electron chi connectivity index (χ2n) is 6.57. The van der Waals surface area contributed by atoms with Gasteiger partial charge in [0.15, 0.2) is 11.5 Å². The van der Waals surface area contributed by atoms with Gasteiger partial charge in [-0.2, -0.15) is 10.1 Å². The van der Waals surface area contributed by atoms with Gasteiger partial charge in [0.25, 0.3) is 11.8 Å². The summed E-state index contributed by atoms with van der Waals surface area (Å²) >= 11 is 2.17. The first-order valence-corrected chi connectivity index (χ1v) is 10.7. The number of amides is 2. The van der Waals surface area contributed by atoms with Crippen LogP contribution in [0.1, 0.15) is 40.1 Å². The van der Waals surface area contributed by atoms with Crippen LogP contribution in [0.25, 0.3) is 10.8 Å². The van der Waals surface area contributed by atoms with E-state index in [0.29, 0.717) is 46.8 Å². The lowest BCUT2D eigenvalue weighted by Gasteiger charge is -2.23. The highest BCUT2D eigenvalue weighted by molar-refractivity contribution is 14.1. The first-order valence-electron chi connectivity index (χ1n) is 9.58. The Morgan fingerprint density at radius 1 is 0.967 bits per heavy atom. The highest BCUT2D eigenvalue weighted by Crippen LogP contribution is 2.34. The Morgan fingerprint density at radius 2 is 1.60 bits per heavy atom. The SMILES string of the molecule is CCOc1cc(C=NN2C(=O)c3cccc4cccc(c34)C2=O)cc(I)c1OCC. The Morgan fingerprint density at radius 3 is 2.20 bits per heavy atom. The van der Waals surface area contributed by atoms with E-state index in [0.717, 1.165) is 14.0 Å². The predicted octanol–water partition coefficient (Wildman–Crippen LogP) is 4.87. The van der Waals surface area contributed by atoms with E-state index >= 15 is 0 Å². The van der Waals surface area contributed by atoms with Crippen molar-refractivity contribution in [2.75, 3.05) is 13.2 Å². The minimum atomic E-state index is -0.439. The predicted molar refractivity (Wildman–Crippen MR) is 124 cm³/mol. The first-order chi connectivity index (χ1) is 14.5. The van der Waals surface area contributed by atoms with Crippen LogP contribution in [-0.4, -0.2) is 36.3 Å². The molecule has 1 aliphatic heterocycles. The molecule has 0 radical (unpaired) electrons. The van der Waals surface area contributed by atoms with Gasteiger partial charge >= 0.3 is 0 Å². The van der Waals surface area contributed by atoms with Gasteiger partial charge in [0.1, 0.15) is 0 Å². The van der Waals surface area contributed by atoms with E-state index in [2.05, 4.69) is 27.7 Å². The fourth-order valence-corrected chi connectivity index (χ4v) is 4.24. The largest absolute Gasteiger partial charge is 0.490 e. The Hall–Kier alpha value is -2.94. The molecule has 0 unspecified atom stereocenters. The average Bonchev–Trinajstić information content (AvgIpc) is 2.74. The molecule has 0 aromatic heterocycles. The molecule has 152 valence electrons. The lowest BCUT2D eigenvalue weighted by Crippen LogP contribution is -2.36. The van der Waals surface area contributed by atoms with Crippen LogP contribution < -0.4 is 9.47 Å². The number of benzene rings is 3. The van der Waals surface area contributed by atoms with Crippen molar-refractivity contribution in [3.8, 4) is 11.5 Å². The van der Waals surface area contributed by atoms with Crippen LogP contribution >= 0.6 is 22.6 Å². The van der Waals surface area contributed by atoms with E-state index in [-0.39, 0.29) is 0 Å². The molecule has 3 aromatic carbocycles. The highest BCUT2D eigenvalue weighted by atomic mass is 127. The third-order valence-corrected chi connectivity index (χ3v) is 5.49. The molecule has 0 saturated carbocycles. The van der Waals surface area contributed by atoms with E-state index in [1.165, 1.54) is 6.21 Å². The molecule has 4 rings (SSSR count). The van der Waals surface area contributed by atoms with Gasteiger partial charge in [-0.15, -0.1) is 0 Å². The number of carbonyl (C=O) groups is 2. The van der Waals surface area contributed by atoms with Crippen LogP contribution in [0.4, 0.5) is 0 Å². The van der Waals surface area contributed by atoms with Crippen molar-refractivity contribution in [2.45, 2.75) is 13.8 Å². The van der Waals surface area contributed by atoms with Crippen LogP contribution in [0.2, 0.25) is 0 Å². The number of halogens is 1. The quantitative estimate of drug-likeness (QED) is 0.268. The van der Waals surface area contributed by atoms with Gasteiger partial charge in [-0.05, 0) is 71.7 Å². The summed E-state index contributed by atoms with van der Waals surface area (Å²) in [7, 11) is 0. The normalized spacial score (nSPS) is 13.4. The lowest BCUT2D eigenvalue weighted by atomic mass is 9.95. The second-order valence-corrected chi connectivity index (χ2v) is 7.73. The van der Waals surface area contributed by atoms with Gasteiger partial charge in [-0.25, -0.2) is 0 Å². The molecule has 0 spiro atoms. The van der Waals surface area contributed by atoms with Crippen LogP contribution in [0.15, 0.2) is 53.6 Å². The zero-order chi connectivity index (χ0) is 21.3. The van der Waals surface area contributed by atoms with E-state index in [9.17, 15) is 9.59 Å². The van der Waals surface area contributed by atoms with Gasteiger partial charge in [-0.1, -0.05) is 24.3 Å². The maximum absolute atomic E-state index is 13.0. The van der Waals surface area contributed by atoms with Crippen molar-refractivity contribution in [1.29, 1.82) is 0 Å². The third-order valence-electron chi connectivity index (χ3n) is 4.69. The zero-order valence-corrected chi connectivity index (χ0v) is 18.7. The Kier molecular flexibility index (Phi) is 5.72. The standard InChI is InChI=1S/C23H19IN2O4/c1-3-29-19-12-14(11-18(24)21(19)30-4-2)13-25-26-22(27)16-9-5-7-15-8-6-10-17(20(15)16)23(26)28/h5-13H,3-4H2,1-2H3. The number of hydrazone groups is 1. The second kappa shape index (κ2) is 8.43. The summed E-state index contributed by atoms with van der Waals surface area (Å²) in [5, 5.41) is 6.68. The molecule has 0 saturated heterocycles. The average molecular weight is 514 g/mol. The van der Waals surface area contributed by atoms with E-state index in [4.69, 9.17) is 9.47 Å². The first kappa shape index (κ1) is 20.3. The minimum Gasteiger partial charge on any atom is -0.490 e. The molecular weight excluding hydrogens is 495 g/mol. The van der Waals surface area contributed by atoms with Crippen molar-refractivity contribution in [1.82, 2.24) is 5.01 Å². The molecule has 0 N–H and O–H groups in total. The van der Waals surface area contributed by atoms with E-state index in [1.54, 1.807) is 30.3 Å². The van der Waals surface area contributed by atoms with Crippen molar-refractivity contribution < 1.29 is 19.1 Å². The van der Waals surface area contributed by atoms with Crippen molar-refractivity contribution in [3.05, 3.63) is 68.8 Å². The fourth-order valence-electron chi connectivity index (χ4n) is 3.46. The van der Waals surface area contributed by atoms with Gasteiger partial charge in [-0.3, -0.25) is 9.59 Å². The summed E-state index contributed by atoms with van der Waals surface area (Å²) in [6, 6.07) is 14.5. The zero-order valence-electron chi connectivity index (χ0n) is 16.5. The van der Waals surface area contributed by atoms with Gasteiger partial charge < -0.3 is 9.47 Å². The minimum absolute atomic E-state index is 0.439. The molecule has 2 amide bonds. The maximum atomic E-state index is 13.0. The Bertz CT molecular complexity index is 1140. The number of imide groups is 1. The monoisotopic (exact) mass is 514 g/mol. The third kappa shape index (κ3) is 3.54. The van der Waals surface area contributed by atoms with Crippen LogP contribution in [0, 0.1) is 3.57 Å². The topological polar surface area (TPSA) is 68.2 Å². The Labute approximate surface area is 187 Å². The highest BCUT2D eigenvalue weighted by Gasteiger charge is 2.32. The number of hydrogen-bond acceptors (Lipinski definition) is 5. The number of ether oxygens (including phenoxy) is 2. The Balaban J connectivity index is 1.71. The lowest BCUT2D eigenvalue weighted by molar-refractivity contribution is 0.0616. The summed E-state index contributed by atoms with van der Waals surface area (Å²) in [5.74, 6) is 0.388. The van der Waals surface area contributed by atoms with Crippen molar-refractivity contribution >= 4 is 51.4 Å². The summed E-state index contributed by atoms with van der Waals surface area (Å²) in [5.41, 5.74) is 1.64. The number of carbonyl (C=O) groups excluding carboxylic acids is 2. The number of nitrogens with zero attached hydrogens (tertiary/aromatic N) is 2. The molecule has 0 atom stereocenters. The van der Waals surface area contributed by atoms with Gasteiger partial charge in [0, 0.05) is 5.39 Å². The summed E-state index contributed by atoms with van der Waals surface area (Å²) in [6.45, 7) is 4.81. The molecule has 0 fully saturated rings. The van der Waals surface area contributed by atoms with Crippen molar-refractivity contribution in [3.63, 3.8) is 0 Å². The molecule has 7 heteroatoms. The molecule has 6 nitrogen and oxygen atoms in total. The molecule has 0 aliphatic carbocycles. The maximum Gasteiger partial charge on any atom is 0.282 e. The summed E-state index contributed by atoms with van der Waals surface area (Å²) in [4.78, 5) is 25.9. The molecule has 1 heterocycles. The number of hydrogen-bond donors (Lipinski definition) is 0. The molecule has 30 heavy (non-hydrogen) atoms. The fraction of sp³-hybridized carbons (Fsp3) is 0.174. The number of rotatable bonds is 6. The molecule has 0 bridgehead atoms. The smallest absolute Gasteiger partial charge is 0.282 e. The van der Waals surface area contributed by atoms with Crippen LogP contribution in [0.3, 0.4) is 0 Å². The van der Waals surface area contributed by atoms with Crippen molar-refractivity contribution in [2.24, 2.45) is 5.10 Å². The van der Waals surface area contributed by atoms with Crippen LogP contribution in [0.5, 0.6) is 11.5 Å².